The van der Waals surface area contributed by atoms with E-state index >= 15 is 0 Å². The van der Waals surface area contributed by atoms with Crippen molar-refractivity contribution in [3.8, 4) is 22.7 Å². The number of aryl methyl sites for hydroxylation is 1. The zero-order chi connectivity index (χ0) is 25.1. The molecule has 0 N–H and O–H groups in total. The highest BCUT2D eigenvalue weighted by atomic mass is 32.2. The molecule has 0 saturated carbocycles. The minimum atomic E-state index is 0.272. The molecule has 1 aliphatic rings. The van der Waals surface area contributed by atoms with Gasteiger partial charge < -0.3 is 9.30 Å². The molecule has 0 spiro atoms. The predicted molar refractivity (Wildman–Crippen MR) is 154 cm³/mol. The molecule has 5 rings (SSSR count). The van der Waals surface area contributed by atoms with Crippen molar-refractivity contribution in [2.45, 2.75) is 44.6 Å². The molecule has 0 atom stereocenters. The number of aromatic nitrogens is 1. The van der Waals surface area contributed by atoms with Crippen molar-refractivity contribution >= 4 is 22.9 Å². The second kappa shape index (κ2) is 10.6. The molecule has 0 unspecified atom stereocenters. The number of benzene rings is 3. The van der Waals surface area contributed by atoms with E-state index in [0.29, 0.717) is 0 Å². The van der Waals surface area contributed by atoms with Crippen LogP contribution in [0.2, 0.25) is 0 Å². The summed E-state index contributed by atoms with van der Waals surface area (Å²) in [5.41, 5.74) is 8.79. The fourth-order valence-electron chi connectivity index (χ4n) is 4.59. The summed E-state index contributed by atoms with van der Waals surface area (Å²) in [7, 11) is 1.71. The molecule has 0 fully saturated rings. The van der Waals surface area contributed by atoms with E-state index < -0.39 is 0 Å². The van der Waals surface area contributed by atoms with E-state index in [0.717, 1.165) is 24.3 Å². The van der Waals surface area contributed by atoms with Gasteiger partial charge in [-0.3, -0.25) is 4.99 Å². The van der Waals surface area contributed by atoms with Crippen molar-refractivity contribution in [1.29, 1.82) is 0 Å². The number of fused-ring (bicyclic) bond motifs is 1. The molecule has 0 aliphatic heterocycles. The monoisotopic (exact) mass is 492 g/mol. The lowest BCUT2D eigenvalue weighted by Gasteiger charge is -2.22. The summed E-state index contributed by atoms with van der Waals surface area (Å²) in [5, 5.41) is 0. The standard InChI is InChI=1S/C32H32N2OS/c1-22(2)33-21-25-12-19-30-29(32(25)36-28-17-10-23(3)11-18-28)20-31(24-8-6-5-7-9-24)34(30)26-13-15-27(35-4)16-14-26/h5-11,13-18,20-22H,12,19H2,1-4H3. The number of aliphatic imine (C=N–C) groups is 1. The topological polar surface area (TPSA) is 26.5 Å². The van der Waals surface area contributed by atoms with Gasteiger partial charge in [0.15, 0.2) is 0 Å². The van der Waals surface area contributed by atoms with E-state index in [1.807, 2.05) is 23.9 Å². The lowest BCUT2D eigenvalue weighted by atomic mass is 9.97. The highest BCUT2D eigenvalue weighted by Gasteiger charge is 2.26. The molecule has 3 nitrogen and oxygen atoms in total. The van der Waals surface area contributed by atoms with Crippen LogP contribution < -0.4 is 4.74 Å². The fraction of sp³-hybridized carbons (Fsp3) is 0.219. The van der Waals surface area contributed by atoms with Crippen LogP contribution in [-0.4, -0.2) is 23.9 Å². The fourth-order valence-corrected chi connectivity index (χ4v) is 5.67. The average molecular weight is 493 g/mol. The third kappa shape index (κ3) is 5.05. The second-order valence-electron chi connectivity index (χ2n) is 9.43. The number of nitrogens with zero attached hydrogens (tertiary/aromatic N) is 2. The molecule has 1 aliphatic carbocycles. The molecule has 3 aromatic carbocycles. The summed E-state index contributed by atoms with van der Waals surface area (Å²) < 4.78 is 7.86. The van der Waals surface area contributed by atoms with Crippen LogP contribution in [0.1, 0.15) is 37.1 Å². The SMILES string of the molecule is COc1ccc(-n2c(-c3ccccc3)cc3c2CCC(C=NC(C)C)=C3Sc2ccc(C)cc2)cc1. The van der Waals surface area contributed by atoms with Crippen molar-refractivity contribution < 1.29 is 4.74 Å². The Kier molecular flexibility index (Phi) is 7.15. The van der Waals surface area contributed by atoms with E-state index in [9.17, 15) is 0 Å². The number of methoxy groups -OCH3 is 1. The summed E-state index contributed by atoms with van der Waals surface area (Å²) in [6.45, 7) is 6.39. The summed E-state index contributed by atoms with van der Waals surface area (Å²) in [6, 6.07) is 30.5. The number of allylic oxidation sites excluding steroid dienone is 1. The first kappa shape index (κ1) is 24.2. The minimum absolute atomic E-state index is 0.272. The lowest BCUT2D eigenvalue weighted by Crippen LogP contribution is -2.09. The molecule has 0 saturated heterocycles. The summed E-state index contributed by atoms with van der Waals surface area (Å²) in [5.74, 6) is 0.865. The number of thioether (sulfide) groups is 1. The number of rotatable bonds is 7. The van der Waals surface area contributed by atoms with E-state index in [1.54, 1.807) is 7.11 Å². The summed E-state index contributed by atoms with van der Waals surface area (Å²) in [4.78, 5) is 7.32. The van der Waals surface area contributed by atoms with Crippen LogP contribution in [0.3, 0.4) is 0 Å². The highest BCUT2D eigenvalue weighted by molar-refractivity contribution is 8.08. The molecule has 4 aromatic rings. The number of hydrogen-bond donors (Lipinski definition) is 0. The third-order valence-electron chi connectivity index (χ3n) is 6.44. The minimum Gasteiger partial charge on any atom is -0.497 e. The Labute approximate surface area is 218 Å². The quantitative estimate of drug-likeness (QED) is 0.242. The first-order valence-electron chi connectivity index (χ1n) is 12.5. The van der Waals surface area contributed by atoms with E-state index in [1.165, 1.54) is 43.5 Å². The van der Waals surface area contributed by atoms with Crippen molar-refractivity contribution in [2.24, 2.45) is 4.99 Å². The van der Waals surface area contributed by atoms with Crippen LogP contribution in [0, 0.1) is 6.92 Å². The van der Waals surface area contributed by atoms with Gasteiger partial charge in [-0.15, -0.1) is 0 Å². The molecule has 182 valence electrons. The van der Waals surface area contributed by atoms with Crippen molar-refractivity contribution in [3.63, 3.8) is 0 Å². The zero-order valence-corrected chi connectivity index (χ0v) is 22.2. The number of ether oxygens (including phenoxy) is 1. The first-order valence-corrected chi connectivity index (χ1v) is 13.3. The maximum Gasteiger partial charge on any atom is 0.119 e. The zero-order valence-electron chi connectivity index (χ0n) is 21.4. The van der Waals surface area contributed by atoms with Gasteiger partial charge in [-0.05, 0) is 87.2 Å². The molecule has 1 aromatic heterocycles. The van der Waals surface area contributed by atoms with Gasteiger partial charge in [-0.2, -0.15) is 0 Å². The maximum absolute atomic E-state index is 5.43. The largest absolute Gasteiger partial charge is 0.497 e. The Balaban J connectivity index is 1.70. The smallest absolute Gasteiger partial charge is 0.119 e. The Morgan fingerprint density at radius 1 is 0.917 bits per heavy atom. The van der Waals surface area contributed by atoms with E-state index in [2.05, 4.69) is 104 Å². The predicted octanol–water partition coefficient (Wildman–Crippen LogP) is 8.39. The Bertz CT molecular complexity index is 1400. The Hall–Kier alpha value is -3.50. The van der Waals surface area contributed by atoms with Crippen LogP contribution >= 0.6 is 11.8 Å². The van der Waals surface area contributed by atoms with E-state index in [4.69, 9.17) is 9.73 Å². The molecule has 36 heavy (non-hydrogen) atoms. The Morgan fingerprint density at radius 3 is 2.31 bits per heavy atom. The molecular weight excluding hydrogens is 460 g/mol. The normalized spacial score (nSPS) is 13.5. The third-order valence-corrected chi connectivity index (χ3v) is 7.63. The van der Waals surface area contributed by atoms with Gasteiger partial charge in [0.2, 0.25) is 0 Å². The van der Waals surface area contributed by atoms with E-state index in [-0.39, 0.29) is 6.04 Å². The van der Waals surface area contributed by atoms with Gasteiger partial charge in [0.25, 0.3) is 0 Å². The van der Waals surface area contributed by atoms with Crippen LogP contribution in [0.25, 0.3) is 21.8 Å². The molecule has 0 bridgehead atoms. The van der Waals surface area contributed by atoms with Crippen molar-refractivity contribution in [3.05, 3.63) is 107 Å². The lowest BCUT2D eigenvalue weighted by molar-refractivity contribution is 0.414. The van der Waals surface area contributed by atoms with Gasteiger partial charge in [0, 0.05) is 39.0 Å². The van der Waals surface area contributed by atoms with Crippen LogP contribution in [0.4, 0.5) is 0 Å². The molecule has 4 heteroatoms. The van der Waals surface area contributed by atoms with Gasteiger partial charge >= 0.3 is 0 Å². The molecule has 1 heterocycles. The van der Waals surface area contributed by atoms with Crippen LogP contribution in [0.5, 0.6) is 5.75 Å². The van der Waals surface area contributed by atoms with Crippen molar-refractivity contribution in [2.75, 3.05) is 7.11 Å². The van der Waals surface area contributed by atoms with Gasteiger partial charge in [-0.25, -0.2) is 0 Å². The van der Waals surface area contributed by atoms with Gasteiger partial charge in [-0.1, -0.05) is 59.8 Å². The number of hydrogen-bond acceptors (Lipinski definition) is 3. The molecule has 0 radical (unpaired) electrons. The molecular formula is C32H32N2OS. The second-order valence-corrected chi connectivity index (χ2v) is 10.5. The summed E-state index contributed by atoms with van der Waals surface area (Å²) >= 11 is 1.85. The highest BCUT2D eigenvalue weighted by Crippen LogP contribution is 2.45. The maximum atomic E-state index is 5.43. The van der Waals surface area contributed by atoms with Crippen LogP contribution in [0.15, 0.2) is 100 Å². The van der Waals surface area contributed by atoms with Gasteiger partial charge in [0.05, 0.1) is 12.8 Å². The van der Waals surface area contributed by atoms with Crippen LogP contribution in [-0.2, 0) is 6.42 Å². The van der Waals surface area contributed by atoms with Crippen molar-refractivity contribution in [1.82, 2.24) is 4.57 Å². The first-order chi connectivity index (χ1) is 17.5. The van der Waals surface area contributed by atoms with Gasteiger partial charge in [0.1, 0.15) is 5.75 Å². The molecule has 0 amide bonds. The Morgan fingerprint density at radius 2 is 1.64 bits per heavy atom. The summed E-state index contributed by atoms with van der Waals surface area (Å²) in [6.07, 6.45) is 4.04. The average Bonchev–Trinajstić information content (AvgIpc) is 3.30.